The molecule has 0 saturated heterocycles. The zero-order chi connectivity index (χ0) is 25.6. The van der Waals surface area contributed by atoms with Gasteiger partial charge in [0.05, 0.1) is 26.4 Å². The van der Waals surface area contributed by atoms with E-state index in [1.54, 1.807) is 0 Å². The highest BCUT2D eigenvalue weighted by atomic mass is 35.5. The van der Waals surface area contributed by atoms with Crippen LogP contribution in [0.3, 0.4) is 0 Å². The van der Waals surface area contributed by atoms with Crippen LogP contribution in [0.2, 0.25) is 0 Å². The first-order valence-electron chi connectivity index (χ1n) is 11.2. The second-order valence-electron chi connectivity index (χ2n) is 7.75. The Labute approximate surface area is 219 Å². The molecular weight excluding hydrogens is 500 g/mol. The second-order valence-corrected chi connectivity index (χ2v) is 9.35. The van der Waals surface area contributed by atoms with Gasteiger partial charge in [0.15, 0.2) is 0 Å². The Morgan fingerprint density at radius 1 is 0.806 bits per heavy atom. The van der Waals surface area contributed by atoms with Gasteiger partial charge in [-0.2, -0.15) is 0 Å². The fraction of sp³-hybridized carbons (Fsp3) is 0.250. The van der Waals surface area contributed by atoms with Gasteiger partial charge in [-0.3, -0.25) is 8.98 Å². The summed E-state index contributed by atoms with van der Waals surface area (Å²) in [5, 5.41) is 0. The Bertz CT molecular complexity index is 1120. The first-order chi connectivity index (χ1) is 17.6. The van der Waals surface area contributed by atoms with Crippen molar-refractivity contribution >= 4 is 27.3 Å². The van der Waals surface area contributed by atoms with E-state index in [4.69, 9.17) is 36.4 Å². The molecule has 4 atom stereocenters. The number of rotatable bonds is 14. The molecule has 0 heterocycles. The second kappa shape index (κ2) is 15.3. The van der Waals surface area contributed by atoms with Gasteiger partial charge in [-0.1, -0.05) is 96.9 Å². The van der Waals surface area contributed by atoms with E-state index in [-0.39, 0.29) is 26.4 Å². The van der Waals surface area contributed by atoms with E-state index < -0.39 is 34.0 Å². The molecule has 1 unspecified atom stereocenters. The van der Waals surface area contributed by atoms with Gasteiger partial charge in [-0.25, -0.2) is 4.21 Å². The molecule has 0 saturated carbocycles. The lowest BCUT2D eigenvalue weighted by Gasteiger charge is -2.30. The first kappa shape index (κ1) is 27.8. The minimum atomic E-state index is -2.43. The van der Waals surface area contributed by atoms with E-state index in [9.17, 15) is 9.00 Å². The quantitative estimate of drug-likeness (QED) is 0.206. The molecule has 3 aromatic rings. The summed E-state index contributed by atoms with van der Waals surface area (Å²) < 4.78 is 34.6. The molecule has 0 amide bonds. The Kier molecular flexibility index (Phi) is 11.8. The fourth-order valence-corrected chi connectivity index (χ4v) is 3.92. The van der Waals surface area contributed by atoms with Crippen LogP contribution in [-0.2, 0) is 49.3 Å². The number of carbonyl (C=O) groups is 1. The third-order valence-electron chi connectivity index (χ3n) is 5.12. The van der Waals surface area contributed by atoms with Crippen LogP contribution >= 0.6 is 11.6 Å². The molecule has 0 aliphatic heterocycles. The monoisotopic (exact) mass is 526 g/mol. The molecule has 0 N–H and O–H groups in total. The average Bonchev–Trinajstić information content (AvgIpc) is 2.91. The number of carbonyl (C=O) groups excluding carboxylic acids is 1. The molecule has 0 bridgehead atoms. The summed E-state index contributed by atoms with van der Waals surface area (Å²) in [5.41, 5.74) is 2.73. The molecule has 3 aromatic carbocycles. The Balaban J connectivity index is 1.79. The van der Waals surface area contributed by atoms with Crippen LogP contribution in [-0.4, -0.2) is 33.7 Å². The van der Waals surface area contributed by atoms with Gasteiger partial charge in [-0.15, -0.1) is 6.42 Å². The van der Waals surface area contributed by atoms with E-state index >= 15 is 0 Å². The predicted molar refractivity (Wildman–Crippen MR) is 139 cm³/mol. The molecule has 0 aliphatic rings. The lowest BCUT2D eigenvalue weighted by molar-refractivity contribution is -0.120. The Morgan fingerprint density at radius 2 is 1.28 bits per heavy atom. The van der Waals surface area contributed by atoms with E-state index in [1.807, 2.05) is 91.0 Å². The van der Waals surface area contributed by atoms with Crippen molar-refractivity contribution < 1.29 is 27.4 Å². The SMILES string of the molecule is C#C[C@@H](OCc1ccccc1)[C@H](OCc1ccccc1)[C@@H](COCc1ccccc1)OS(=O)C(=O)Cl. The summed E-state index contributed by atoms with van der Waals surface area (Å²) in [4.78, 5) is 11.5. The average molecular weight is 527 g/mol. The number of halogens is 1. The van der Waals surface area contributed by atoms with Crippen LogP contribution in [0.4, 0.5) is 4.79 Å². The zero-order valence-electron chi connectivity index (χ0n) is 19.5. The van der Waals surface area contributed by atoms with Crippen LogP contribution in [0.1, 0.15) is 16.7 Å². The summed E-state index contributed by atoms with van der Waals surface area (Å²) in [5.74, 6) is 2.60. The lowest BCUT2D eigenvalue weighted by Crippen LogP contribution is -2.45. The van der Waals surface area contributed by atoms with Crippen molar-refractivity contribution in [3.63, 3.8) is 0 Å². The minimum Gasteiger partial charge on any atom is -0.374 e. The largest absolute Gasteiger partial charge is 0.374 e. The minimum absolute atomic E-state index is 0.0723. The summed E-state index contributed by atoms with van der Waals surface area (Å²) >= 11 is 2.98. The van der Waals surface area contributed by atoms with Gasteiger partial charge in [-0.05, 0) is 28.3 Å². The van der Waals surface area contributed by atoms with E-state index in [1.165, 1.54) is 0 Å². The van der Waals surface area contributed by atoms with Crippen molar-refractivity contribution in [1.82, 2.24) is 0 Å². The summed E-state index contributed by atoms with van der Waals surface area (Å²) in [6.45, 7) is 0.588. The third-order valence-corrected chi connectivity index (χ3v) is 6.18. The molecule has 0 aromatic heterocycles. The van der Waals surface area contributed by atoms with E-state index in [2.05, 4.69) is 5.92 Å². The predicted octanol–water partition coefficient (Wildman–Crippen LogP) is 5.41. The number of terminal acetylenes is 1. The fourth-order valence-electron chi connectivity index (χ4n) is 3.35. The maximum atomic E-state index is 12.3. The maximum absolute atomic E-state index is 12.3. The molecule has 0 radical (unpaired) electrons. The molecule has 0 fully saturated rings. The van der Waals surface area contributed by atoms with Gasteiger partial charge in [0.1, 0.15) is 18.3 Å². The van der Waals surface area contributed by atoms with Crippen LogP contribution in [0.25, 0.3) is 0 Å². The number of hydrogen-bond acceptors (Lipinski definition) is 6. The van der Waals surface area contributed by atoms with Crippen molar-refractivity contribution in [1.29, 1.82) is 0 Å². The van der Waals surface area contributed by atoms with Crippen LogP contribution < -0.4 is 0 Å². The Hall–Kier alpha value is -2.83. The van der Waals surface area contributed by atoms with Crippen LogP contribution in [0.15, 0.2) is 91.0 Å². The molecule has 3 rings (SSSR count). The molecule has 8 heteroatoms. The maximum Gasteiger partial charge on any atom is 0.336 e. The van der Waals surface area contributed by atoms with Crippen molar-refractivity contribution in [2.24, 2.45) is 0 Å². The van der Waals surface area contributed by atoms with Gasteiger partial charge in [0, 0.05) is 0 Å². The highest BCUT2D eigenvalue weighted by molar-refractivity contribution is 7.99. The van der Waals surface area contributed by atoms with Crippen molar-refractivity contribution in [3.05, 3.63) is 108 Å². The first-order valence-corrected chi connectivity index (χ1v) is 12.7. The van der Waals surface area contributed by atoms with Gasteiger partial charge in [0.2, 0.25) is 11.1 Å². The van der Waals surface area contributed by atoms with Gasteiger partial charge < -0.3 is 14.2 Å². The van der Waals surface area contributed by atoms with E-state index in [0.717, 1.165) is 16.7 Å². The highest BCUT2D eigenvalue weighted by Gasteiger charge is 2.34. The molecule has 6 nitrogen and oxygen atoms in total. The smallest absolute Gasteiger partial charge is 0.336 e. The third kappa shape index (κ3) is 9.32. The normalized spacial score (nSPS) is 14.3. The topological polar surface area (TPSA) is 71.1 Å². The number of ether oxygens (including phenoxy) is 3. The number of hydrogen-bond donors (Lipinski definition) is 0. The van der Waals surface area contributed by atoms with Crippen LogP contribution in [0, 0.1) is 12.3 Å². The van der Waals surface area contributed by atoms with E-state index in [0.29, 0.717) is 0 Å². The number of benzene rings is 3. The van der Waals surface area contributed by atoms with Crippen molar-refractivity contribution in [2.75, 3.05) is 6.61 Å². The highest BCUT2D eigenvalue weighted by Crippen LogP contribution is 2.19. The van der Waals surface area contributed by atoms with Crippen molar-refractivity contribution in [2.45, 2.75) is 38.1 Å². The summed E-state index contributed by atoms with van der Waals surface area (Å²) in [6, 6.07) is 28.5. The Morgan fingerprint density at radius 3 is 1.75 bits per heavy atom. The summed E-state index contributed by atoms with van der Waals surface area (Å²) in [7, 11) is 0. The standard InChI is InChI=1S/C28H27ClO6S/c1-2-25(33-19-23-14-8-4-9-15-23)27(34-20-24-16-10-5-11-17-24)26(35-36(31)28(29)30)21-32-18-22-12-6-3-7-13-22/h1,3-17,25-27H,18-21H2/t25-,26-,27+,36?/m1/s1. The lowest BCUT2D eigenvalue weighted by atomic mass is 10.1. The molecule has 188 valence electrons. The van der Waals surface area contributed by atoms with Gasteiger partial charge in [0.25, 0.3) is 0 Å². The molecule has 36 heavy (non-hydrogen) atoms. The molecule has 0 spiro atoms. The van der Waals surface area contributed by atoms with Crippen molar-refractivity contribution in [3.8, 4) is 12.3 Å². The molecule has 0 aliphatic carbocycles. The summed E-state index contributed by atoms with van der Waals surface area (Å²) in [6.07, 6.45) is 3.00. The van der Waals surface area contributed by atoms with Crippen LogP contribution in [0.5, 0.6) is 0 Å². The van der Waals surface area contributed by atoms with Gasteiger partial charge >= 0.3 is 4.57 Å². The zero-order valence-corrected chi connectivity index (χ0v) is 21.1. The molecular formula is C28H27ClO6S.